The average Bonchev–Trinajstić information content (AvgIpc) is 3.50. The summed E-state index contributed by atoms with van der Waals surface area (Å²) < 4.78 is 0. The second kappa shape index (κ2) is 12.0. The summed E-state index contributed by atoms with van der Waals surface area (Å²) in [6, 6.07) is 27.8. The zero-order chi connectivity index (χ0) is 29.1. The smallest absolute Gasteiger partial charge is 0.255 e. The highest BCUT2D eigenvalue weighted by molar-refractivity contribution is 6.00. The standard InChI is InChI=1S/C34H36N6O2/c1-38-17-19-39(20-18-38)30-13-11-26(12-14-30)28-21-31(32(35)36-22-28)33(41)37-29-15-16-40(23-29)34(42)27-9-7-25(8-10-27)24-5-3-2-4-6-24/h2-14,21-22,29H,15-20,23H2,1H3,(H2,35,36)(H,37,41). The van der Waals surface area contributed by atoms with Crippen LogP contribution in [0, 0.1) is 0 Å². The first-order chi connectivity index (χ1) is 20.4. The molecule has 0 aliphatic carbocycles. The first-order valence-electron chi connectivity index (χ1n) is 14.5. The Morgan fingerprint density at radius 3 is 2.17 bits per heavy atom. The minimum Gasteiger partial charge on any atom is -0.383 e. The molecule has 0 saturated carbocycles. The van der Waals surface area contributed by atoms with Gasteiger partial charge in [-0.2, -0.15) is 0 Å². The van der Waals surface area contributed by atoms with E-state index in [1.54, 1.807) is 17.2 Å². The number of pyridine rings is 1. The molecule has 2 saturated heterocycles. The number of anilines is 2. The fraction of sp³-hybridized carbons (Fsp3) is 0.265. The predicted molar refractivity (Wildman–Crippen MR) is 167 cm³/mol. The van der Waals surface area contributed by atoms with Crippen molar-refractivity contribution in [2.45, 2.75) is 12.5 Å². The first-order valence-corrected chi connectivity index (χ1v) is 14.5. The van der Waals surface area contributed by atoms with Gasteiger partial charge in [-0.1, -0.05) is 54.6 Å². The van der Waals surface area contributed by atoms with Gasteiger partial charge in [0.15, 0.2) is 0 Å². The monoisotopic (exact) mass is 560 g/mol. The van der Waals surface area contributed by atoms with Gasteiger partial charge in [0, 0.05) is 68.3 Å². The molecule has 3 N–H and O–H groups in total. The molecule has 1 atom stereocenters. The number of nitrogens with one attached hydrogen (secondary N) is 1. The molecule has 2 amide bonds. The number of rotatable bonds is 6. The summed E-state index contributed by atoms with van der Waals surface area (Å²) in [6.45, 7) is 5.15. The molecule has 2 aliphatic rings. The molecule has 0 spiro atoms. The van der Waals surface area contributed by atoms with Crippen molar-refractivity contribution in [3.63, 3.8) is 0 Å². The lowest BCUT2D eigenvalue weighted by Gasteiger charge is -2.34. The number of amides is 2. The van der Waals surface area contributed by atoms with Crippen LogP contribution in [0.25, 0.3) is 22.3 Å². The van der Waals surface area contributed by atoms with Gasteiger partial charge in [0.05, 0.1) is 5.56 Å². The van der Waals surface area contributed by atoms with Crippen LogP contribution in [-0.2, 0) is 0 Å². The van der Waals surface area contributed by atoms with Crippen LogP contribution in [0.2, 0.25) is 0 Å². The van der Waals surface area contributed by atoms with Crippen LogP contribution >= 0.6 is 0 Å². The van der Waals surface area contributed by atoms with Gasteiger partial charge < -0.3 is 25.8 Å². The van der Waals surface area contributed by atoms with Gasteiger partial charge in [0.1, 0.15) is 5.82 Å². The summed E-state index contributed by atoms with van der Waals surface area (Å²) in [5.74, 6) is -0.119. The van der Waals surface area contributed by atoms with E-state index in [2.05, 4.69) is 51.4 Å². The molecule has 1 aromatic heterocycles. The number of likely N-dealkylation sites (tertiary alicyclic amines) is 1. The molecule has 8 nitrogen and oxygen atoms in total. The van der Waals surface area contributed by atoms with Gasteiger partial charge in [0.2, 0.25) is 0 Å². The summed E-state index contributed by atoms with van der Waals surface area (Å²) in [5.41, 5.74) is 12.3. The molecular weight excluding hydrogens is 524 g/mol. The number of carbonyl (C=O) groups is 2. The van der Waals surface area contributed by atoms with Gasteiger partial charge >= 0.3 is 0 Å². The van der Waals surface area contributed by atoms with Gasteiger partial charge in [-0.15, -0.1) is 0 Å². The van der Waals surface area contributed by atoms with Crippen LogP contribution < -0.4 is 16.0 Å². The van der Waals surface area contributed by atoms with Crippen LogP contribution in [0.1, 0.15) is 27.1 Å². The number of likely N-dealkylation sites (N-methyl/N-ethyl adjacent to an activating group) is 1. The molecule has 0 radical (unpaired) electrons. The number of nitrogen functional groups attached to an aromatic ring is 1. The summed E-state index contributed by atoms with van der Waals surface area (Å²) >= 11 is 0. The molecule has 0 bridgehead atoms. The fourth-order valence-corrected chi connectivity index (χ4v) is 5.69. The number of benzene rings is 3. The van der Waals surface area contributed by atoms with Crippen LogP contribution in [0.3, 0.4) is 0 Å². The number of carbonyl (C=O) groups excluding carboxylic acids is 2. The minimum absolute atomic E-state index is 0.0328. The van der Waals surface area contributed by atoms with E-state index in [0.717, 1.165) is 48.4 Å². The molecule has 2 fully saturated rings. The lowest BCUT2D eigenvalue weighted by molar-refractivity contribution is 0.0783. The van der Waals surface area contributed by atoms with Crippen LogP contribution in [0.4, 0.5) is 11.5 Å². The molecule has 2 aliphatic heterocycles. The maximum absolute atomic E-state index is 13.3. The molecule has 4 aromatic rings. The van der Waals surface area contributed by atoms with E-state index in [1.165, 1.54) is 5.69 Å². The van der Waals surface area contributed by atoms with Crippen molar-refractivity contribution >= 4 is 23.3 Å². The van der Waals surface area contributed by atoms with Crippen molar-refractivity contribution in [1.82, 2.24) is 20.1 Å². The maximum Gasteiger partial charge on any atom is 0.255 e. The highest BCUT2D eigenvalue weighted by atomic mass is 16.2. The second-order valence-corrected chi connectivity index (χ2v) is 11.1. The first kappa shape index (κ1) is 27.5. The Morgan fingerprint density at radius 1 is 0.810 bits per heavy atom. The second-order valence-electron chi connectivity index (χ2n) is 11.1. The average molecular weight is 561 g/mol. The molecule has 214 valence electrons. The summed E-state index contributed by atoms with van der Waals surface area (Å²) in [5, 5.41) is 3.07. The van der Waals surface area contributed by atoms with Crippen molar-refractivity contribution in [2.75, 3.05) is 56.9 Å². The maximum atomic E-state index is 13.3. The molecule has 6 rings (SSSR count). The van der Waals surface area contributed by atoms with E-state index in [1.807, 2.05) is 54.6 Å². The summed E-state index contributed by atoms with van der Waals surface area (Å²) in [6.07, 6.45) is 2.39. The SMILES string of the molecule is CN1CCN(c2ccc(-c3cnc(N)c(C(=O)NC4CCN(C(=O)c5ccc(-c6ccccc6)cc5)C4)c3)cc2)CC1. The largest absolute Gasteiger partial charge is 0.383 e. The number of hydrogen-bond acceptors (Lipinski definition) is 6. The Kier molecular flexibility index (Phi) is 7.88. The van der Waals surface area contributed by atoms with Crippen molar-refractivity contribution < 1.29 is 9.59 Å². The Hall–Kier alpha value is -4.69. The Bertz CT molecular complexity index is 1550. The van der Waals surface area contributed by atoms with Gasteiger partial charge in [-0.25, -0.2) is 4.98 Å². The lowest BCUT2D eigenvalue weighted by atomic mass is 10.0. The predicted octanol–water partition coefficient (Wildman–Crippen LogP) is 4.39. The molecule has 8 heteroatoms. The zero-order valence-electron chi connectivity index (χ0n) is 23.9. The van der Waals surface area contributed by atoms with Crippen LogP contribution in [-0.4, -0.2) is 79.0 Å². The minimum atomic E-state index is -0.276. The number of piperazine rings is 1. The number of hydrogen-bond donors (Lipinski definition) is 2. The van der Waals surface area contributed by atoms with Crippen molar-refractivity contribution in [2.24, 2.45) is 0 Å². The topological polar surface area (TPSA) is 94.8 Å². The molecule has 3 aromatic carbocycles. The summed E-state index contributed by atoms with van der Waals surface area (Å²) in [7, 11) is 2.15. The third-order valence-electron chi connectivity index (χ3n) is 8.28. The van der Waals surface area contributed by atoms with Gasteiger partial charge in [-0.05, 0) is 60.5 Å². The van der Waals surface area contributed by atoms with Gasteiger partial charge in [-0.3, -0.25) is 9.59 Å². The Labute approximate surface area is 246 Å². The van der Waals surface area contributed by atoms with Crippen LogP contribution in [0.5, 0.6) is 0 Å². The fourth-order valence-electron chi connectivity index (χ4n) is 5.69. The van der Waals surface area contributed by atoms with E-state index in [0.29, 0.717) is 30.6 Å². The van der Waals surface area contributed by atoms with Crippen molar-refractivity contribution in [3.8, 4) is 22.3 Å². The van der Waals surface area contributed by atoms with E-state index in [4.69, 9.17) is 5.73 Å². The lowest BCUT2D eigenvalue weighted by Crippen LogP contribution is -2.44. The van der Waals surface area contributed by atoms with Crippen molar-refractivity contribution in [3.05, 3.63) is 102 Å². The van der Waals surface area contributed by atoms with Crippen LogP contribution in [0.15, 0.2) is 91.1 Å². The van der Waals surface area contributed by atoms with E-state index < -0.39 is 0 Å². The summed E-state index contributed by atoms with van der Waals surface area (Å²) in [4.78, 5) is 37.3. The number of nitrogens with two attached hydrogens (primary N) is 1. The number of nitrogens with zero attached hydrogens (tertiary/aromatic N) is 4. The Morgan fingerprint density at radius 2 is 1.45 bits per heavy atom. The van der Waals surface area contributed by atoms with Gasteiger partial charge in [0.25, 0.3) is 11.8 Å². The highest BCUT2D eigenvalue weighted by Crippen LogP contribution is 2.26. The molecule has 42 heavy (non-hydrogen) atoms. The number of aromatic nitrogens is 1. The normalized spacial score (nSPS) is 17.3. The van der Waals surface area contributed by atoms with E-state index in [-0.39, 0.29) is 23.7 Å². The zero-order valence-corrected chi connectivity index (χ0v) is 23.9. The molecule has 1 unspecified atom stereocenters. The quantitative estimate of drug-likeness (QED) is 0.363. The molecular formula is C34H36N6O2. The molecule has 3 heterocycles. The Balaban J connectivity index is 1.08. The van der Waals surface area contributed by atoms with Crippen molar-refractivity contribution in [1.29, 1.82) is 0 Å². The highest BCUT2D eigenvalue weighted by Gasteiger charge is 2.29. The van der Waals surface area contributed by atoms with E-state index >= 15 is 0 Å². The van der Waals surface area contributed by atoms with E-state index in [9.17, 15) is 9.59 Å². The third-order valence-corrected chi connectivity index (χ3v) is 8.28. The third kappa shape index (κ3) is 5.99.